The third-order valence-electron chi connectivity index (χ3n) is 5.49. The molecule has 0 saturated heterocycles. The van der Waals surface area contributed by atoms with E-state index in [0.29, 0.717) is 19.7 Å². The Bertz CT molecular complexity index is 595. The number of carbonyl (C=O) groups is 2. The van der Waals surface area contributed by atoms with Gasteiger partial charge in [-0.3, -0.25) is 9.59 Å². The third-order valence-corrected chi connectivity index (χ3v) is 5.49. The van der Waals surface area contributed by atoms with E-state index in [1.165, 1.54) is 0 Å². The molecule has 1 atom stereocenters. The predicted molar refractivity (Wildman–Crippen MR) is 102 cm³/mol. The van der Waals surface area contributed by atoms with Crippen LogP contribution in [0.4, 0.5) is 0 Å². The van der Waals surface area contributed by atoms with Crippen molar-refractivity contribution in [3.05, 3.63) is 24.0 Å². The highest BCUT2D eigenvalue weighted by atomic mass is 16.5. The molecule has 0 aliphatic heterocycles. The molecule has 0 radical (unpaired) electrons. The molecular weight excluding hydrogens is 330 g/mol. The summed E-state index contributed by atoms with van der Waals surface area (Å²) in [5.74, 6) is 0.234. The number of ether oxygens (including phenoxy) is 1. The van der Waals surface area contributed by atoms with E-state index in [1.54, 1.807) is 16.9 Å². The van der Waals surface area contributed by atoms with Crippen LogP contribution >= 0.6 is 0 Å². The topological polar surface area (TPSA) is 54.8 Å². The van der Waals surface area contributed by atoms with Crippen molar-refractivity contribution in [2.24, 2.45) is 13.0 Å². The number of hydrogen-bond donors (Lipinski definition) is 0. The van der Waals surface area contributed by atoms with Crippen LogP contribution in [0.25, 0.3) is 0 Å². The van der Waals surface area contributed by atoms with E-state index in [-0.39, 0.29) is 30.3 Å². The van der Waals surface area contributed by atoms with Crippen LogP contribution in [-0.4, -0.2) is 59.0 Å². The SMILES string of the molecule is CC[C@@H](C)N(CC(=O)N(CCOC)Cc1cccn1C)C(=O)C1CCC1. The van der Waals surface area contributed by atoms with Crippen molar-refractivity contribution in [1.82, 2.24) is 14.4 Å². The molecule has 26 heavy (non-hydrogen) atoms. The molecular formula is C20H33N3O3. The van der Waals surface area contributed by atoms with Gasteiger partial charge in [0.15, 0.2) is 0 Å². The first kappa shape index (κ1) is 20.5. The van der Waals surface area contributed by atoms with E-state index in [1.807, 2.05) is 36.9 Å². The van der Waals surface area contributed by atoms with E-state index in [0.717, 1.165) is 31.4 Å². The standard InChI is InChI=1S/C20H33N3O3/c1-5-16(2)23(20(25)17-8-6-9-17)15-19(24)22(12-13-26-4)14-18-10-7-11-21(18)3/h7,10-11,16-17H,5-6,8-9,12-15H2,1-4H3/t16-/m1/s1. The van der Waals surface area contributed by atoms with E-state index in [9.17, 15) is 9.59 Å². The van der Waals surface area contributed by atoms with E-state index < -0.39 is 0 Å². The minimum absolute atomic E-state index is 0.0174. The Morgan fingerprint density at radius 2 is 2.12 bits per heavy atom. The Balaban J connectivity index is 2.08. The Labute approximate surface area is 157 Å². The average Bonchev–Trinajstić information content (AvgIpc) is 2.98. The van der Waals surface area contributed by atoms with Gasteiger partial charge in [0.05, 0.1) is 13.2 Å². The molecule has 2 rings (SSSR count). The highest BCUT2D eigenvalue weighted by molar-refractivity contribution is 5.86. The summed E-state index contributed by atoms with van der Waals surface area (Å²) in [6.07, 6.45) is 5.85. The van der Waals surface area contributed by atoms with Crippen LogP contribution in [0, 0.1) is 5.92 Å². The summed E-state index contributed by atoms with van der Waals surface area (Å²) in [5, 5.41) is 0. The fourth-order valence-electron chi connectivity index (χ4n) is 3.16. The number of aryl methyl sites for hydroxylation is 1. The minimum atomic E-state index is -0.0174. The van der Waals surface area contributed by atoms with Crippen LogP contribution in [0.3, 0.4) is 0 Å². The van der Waals surface area contributed by atoms with Gasteiger partial charge in [-0.25, -0.2) is 0 Å². The maximum atomic E-state index is 13.0. The first-order chi connectivity index (χ1) is 12.5. The first-order valence-electron chi connectivity index (χ1n) is 9.65. The molecule has 1 heterocycles. The molecule has 2 amide bonds. The van der Waals surface area contributed by atoms with Crippen molar-refractivity contribution < 1.29 is 14.3 Å². The Morgan fingerprint density at radius 1 is 1.38 bits per heavy atom. The maximum Gasteiger partial charge on any atom is 0.242 e. The maximum absolute atomic E-state index is 13.0. The molecule has 0 unspecified atom stereocenters. The third kappa shape index (κ3) is 5.10. The number of rotatable bonds is 10. The lowest BCUT2D eigenvalue weighted by Crippen LogP contribution is -2.49. The van der Waals surface area contributed by atoms with Crippen molar-refractivity contribution in [1.29, 1.82) is 0 Å². The first-order valence-corrected chi connectivity index (χ1v) is 9.65. The average molecular weight is 364 g/mol. The molecule has 0 aromatic carbocycles. The van der Waals surface area contributed by atoms with Crippen molar-refractivity contribution >= 4 is 11.8 Å². The van der Waals surface area contributed by atoms with E-state index >= 15 is 0 Å². The predicted octanol–water partition coefficient (Wildman–Crippen LogP) is 2.43. The number of nitrogens with zero attached hydrogens (tertiary/aromatic N) is 3. The van der Waals surface area contributed by atoms with Crippen LogP contribution in [0.2, 0.25) is 0 Å². The normalized spacial score (nSPS) is 15.4. The molecule has 1 fully saturated rings. The van der Waals surface area contributed by atoms with Gasteiger partial charge in [0.25, 0.3) is 0 Å². The lowest BCUT2D eigenvalue weighted by atomic mass is 9.84. The Kier molecular flexibility index (Phi) is 7.69. The van der Waals surface area contributed by atoms with Crippen LogP contribution < -0.4 is 0 Å². The zero-order valence-electron chi connectivity index (χ0n) is 16.6. The summed E-state index contributed by atoms with van der Waals surface area (Å²) in [6.45, 7) is 5.77. The fraction of sp³-hybridized carbons (Fsp3) is 0.700. The van der Waals surface area contributed by atoms with Gasteiger partial charge in [-0.2, -0.15) is 0 Å². The van der Waals surface area contributed by atoms with Crippen molar-refractivity contribution in [3.8, 4) is 0 Å². The summed E-state index contributed by atoms with van der Waals surface area (Å²) >= 11 is 0. The van der Waals surface area contributed by atoms with Crippen LogP contribution in [0.1, 0.15) is 45.2 Å². The number of hydrogen-bond acceptors (Lipinski definition) is 3. The summed E-state index contributed by atoms with van der Waals surface area (Å²) in [4.78, 5) is 29.4. The van der Waals surface area contributed by atoms with Gasteiger partial charge in [-0.15, -0.1) is 0 Å². The summed E-state index contributed by atoms with van der Waals surface area (Å²) in [5.41, 5.74) is 1.06. The molecule has 1 aromatic heterocycles. The minimum Gasteiger partial charge on any atom is -0.383 e. The molecule has 1 aliphatic rings. The van der Waals surface area contributed by atoms with Gasteiger partial charge in [-0.05, 0) is 38.3 Å². The van der Waals surface area contributed by atoms with Crippen molar-refractivity contribution in [2.45, 2.75) is 52.1 Å². The molecule has 6 nitrogen and oxygen atoms in total. The molecule has 0 spiro atoms. The van der Waals surface area contributed by atoms with Crippen molar-refractivity contribution in [2.75, 3.05) is 26.8 Å². The highest BCUT2D eigenvalue weighted by Gasteiger charge is 2.33. The second kappa shape index (κ2) is 9.76. The molecule has 0 N–H and O–H groups in total. The van der Waals surface area contributed by atoms with Gasteiger partial charge in [0.2, 0.25) is 11.8 Å². The van der Waals surface area contributed by atoms with E-state index in [4.69, 9.17) is 4.74 Å². The molecule has 1 aromatic rings. The number of amides is 2. The molecule has 1 aliphatic carbocycles. The summed E-state index contributed by atoms with van der Waals surface area (Å²) in [6, 6.07) is 4.06. The van der Waals surface area contributed by atoms with Gasteiger partial charge in [-0.1, -0.05) is 13.3 Å². The van der Waals surface area contributed by atoms with Crippen molar-refractivity contribution in [3.63, 3.8) is 0 Å². The van der Waals surface area contributed by atoms with E-state index in [2.05, 4.69) is 6.92 Å². The Hall–Kier alpha value is -1.82. The van der Waals surface area contributed by atoms with Gasteiger partial charge >= 0.3 is 0 Å². The van der Waals surface area contributed by atoms with Crippen LogP contribution in [-0.2, 0) is 27.9 Å². The van der Waals surface area contributed by atoms with Crippen LogP contribution in [0.15, 0.2) is 18.3 Å². The van der Waals surface area contributed by atoms with Gasteiger partial charge < -0.3 is 19.1 Å². The van der Waals surface area contributed by atoms with Gasteiger partial charge in [0, 0.05) is 44.6 Å². The van der Waals surface area contributed by atoms with Gasteiger partial charge in [0.1, 0.15) is 6.54 Å². The lowest BCUT2D eigenvalue weighted by molar-refractivity contribution is -0.147. The molecule has 1 saturated carbocycles. The highest BCUT2D eigenvalue weighted by Crippen LogP contribution is 2.29. The summed E-state index contributed by atoms with van der Waals surface area (Å²) in [7, 11) is 3.61. The second-order valence-corrected chi connectivity index (χ2v) is 7.27. The fourth-order valence-corrected chi connectivity index (χ4v) is 3.16. The zero-order chi connectivity index (χ0) is 19.1. The monoisotopic (exact) mass is 363 g/mol. The Morgan fingerprint density at radius 3 is 2.62 bits per heavy atom. The number of methoxy groups -OCH3 is 1. The second-order valence-electron chi connectivity index (χ2n) is 7.27. The number of aromatic nitrogens is 1. The zero-order valence-corrected chi connectivity index (χ0v) is 16.6. The molecule has 6 heteroatoms. The summed E-state index contributed by atoms with van der Waals surface area (Å²) < 4.78 is 7.19. The molecule has 0 bridgehead atoms. The van der Waals surface area contributed by atoms with Crippen LogP contribution in [0.5, 0.6) is 0 Å². The molecule has 146 valence electrons. The lowest BCUT2D eigenvalue weighted by Gasteiger charge is -2.36. The largest absolute Gasteiger partial charge is 0.383 e. The smallest absolute Gasteiger partial charge is 0.242 e. The quantitative estimate of drug-likeness (QED) is 0.641. The number of carbonyl (C=O) groups excluding carboxylic acids is 2.